The Hall–Kier alpha value is -1.30. The van der Waals surface area contributed by atoms with Gasteiger partial charge in [-0.1, -0.05) is 12.1 Å². The molecule has 0 bridgehead atoms. The van der Waals surface area contributed by atoms with Crippen molar-refractivity contribution in [3.05, 3.63) is 29.3 Å². The number of ether oxygens (including phenoxy) is 1. The van der Waals surface area contributed by atoms with E-state index < -0.39 is 19.0 Å². The SMILES string of the molecule is Cc1ccc(CN)c(OCC(F)(F)C(F)F)c1. The second-order valence-corrected chi connectivity index (χ2v) is 3.67. The van der Waals surface area contributed by atoms with Crippen molar-refractivity contribution in [2.45, 2.75) is 25.8 Å². The molecule has 0 amide bonds. The number of aryl methyl sites for hydroxylation is 1. The van der Waals surface area contributed by atoms with E-state index in [0.717, 1.165) is 5.56 Å². The summed E-state index contributed by atoms with van der Waals surface area (Å²) in [6, 6.07) is 4.84. The fourth-order valence-electron chi connectivity index (χ4n) is 1.20. The van der Waals surface area contributed by atoms with Gasteiger partial charge in [0.05, 0.1) is 0 Å². The quantitative estimate of drug-likeness (QED) is 0.817. The molecule has 0 aromatic heterocycles. The lowest BCUT2D eigenvalue weighted by atomic mass is 10.1. The number of alkyl halides is 4. The van der Waals surface area contributed by atoms with Crippen LogP contribution in [-0.4, -0.2) is 19.0 Å². The summed E-state index contributed by atoms with van der Waals surface area (Å²) in [7, 11) is 0. The van der Waals surface area contributed by atoms with E-state index in [1.807, 2.05) is 0 Å². The van der Waals surface area contributed by atoms with Gasteiger partial charge in [0.25, 0.3) is 0 Å². The first-order chi connectivity index (χ1) is 7.86. The fourth-order valence-corrected chi connectivity index (χ4v) is 1.20. The average molecular weight is 251 g/mol. The van der Waals surface area contributed by atoms with Gasteiger partial charge in [-0.3, -0.25) is 0 Å². The summed E-state index contributed by atoms with van der Waals surface area (Å²) in [5.41, 5.74) is 6.66. The Kier molecular flexibility index (Phi) is 4.34. The molecule has 0 fully saturated rings. The first-order valence-corrected chi connectivity index (χ1v) is 4.95. The van der Waals surface area contributed by atoms with Gasteiger partial charge in [-0.05, 0) is 18.6 Å². The molecule has 96 valence electrons. The van der Waals surface area contributed by atoms with Gasteiger partial charge in [-0.25, -0.2) is 8.78 Å². The second kappa shape index (κ2) is 5.35. The zero-order valence-corrected chi connectivity index (χ0v) is 9.22. The van der Waals surface area contributed by atoms with E-state index in [-0.39, 0.29) is 12.3 Å². The van der Waals surface area contributed by atoms with Crippen molar-refractivity contribution in [1.29, 1.82) is 0 Å². The van der Waals surface area contributed by atoms with Gasteiger partial charge in [-0.15, -0.1) is 0 Å². The maximum Gasteiger partial charge on any atom is 0.340 e. The van der Waals surface area contributed by atoms with E-state index in [1.54, 1.807) is 19.1 Å². The zero-order valence-electron chi connectivity index (χ0n) is 9.22. The largest absolute Gasteiger partial charge is 0.487 e. The lowest BCUT2D eigenvalue weighted by molar-refractivity contribution is -0.148. The molecule has 1 aromatic rings. The van der Waals surface area contributed by atoms with Crippen LogP contribution in [-0.2, 0) is 6.54 Å². The molecule has 0 spiro atoms. The summed E-state index contributed by atoms with van der Waals surface area (Å²) in [5, 5.41) is 0. The Balaban J connectivity index is 2.78. The highest BCUT2D eigenvalue weighted by atomic mass is 19.3. The molecule has 0 saturated carbocycles. The minimum atomic E-state index is -4.16. The number of hydrogen-bond donors (Lipinski definition) is 1. The van der Waals surface area contributed by atoms with Crippen LogP contribution in [0, 0.1) is 6.92 Å². The average Bonchev–Trinajstić information content (AvgIpc) is 2.26. The number of nitrogens with two attached hydrogens (primary N) is 1. The molecule has 1 rings (SSSR count). The minimum absolute atomic E-state index is 0.0931. The first kappa shape index (κ1) is 13.8. The summed E-state index contributed by atoms with van der Waals surface area (Å²) in [6.07, 6.45) is -3.74. The maximum absolute atomic E-state index is 12.7. The van der Waals surface area contributed by atoms with E-state index in [1.165, 1.54) is 6.07 Å². The van der Waals surface area contributed by atoms with E-state index in [9.17, 15) is 17.6 Å². The van der Waals surface area contributed by atoms with Gasteiger partial charge >= 0.3 is 12.3 Å². The van der Waals surface area contributed by atoms with Crippen molar-refractivity contribution >= 4 is 0 Å². The van der Waals surface area contributed by atoms with Crippen LogP contribution in [0.5, 0.6) is 5.75 Å². The van der Waals surface area contributed by atoms with E-state index in [0.29, 0.717) is 5.56 Å². The van der Waals surface area contributed by atoms with Crippen LogP contribution >= 0.6 is 0 Å². The third-order valence-electron chi connectivity index (χ3n) is 2.18. The number of benzene rings is 1. The maximum atomic E-state index is 12.7. The Labute approximate surface area is 96.4 Å². The van der Waals surface area contributed by atoms with Gasteiger partial charge in [0.2, 0.25) is 0 Å². The van der Waals surface area contributed by atoms with E-state index >= 15 is 0 Å². The molecule has 2 nitrogen and oxygen atoms in total. The van der Waals surface area contributed by atoms with Crippen LogP contribution in [0.4, 0.5) is 17.6 Å². The minimum Gasteiger partial charge on any atom is -0.487 e. The topological polar surface area (TPSA) is 35.2 Å². The number of halogens is 4. The van der Waals surface area contributed by atoms with Crippen LogP contribution in [0.1, 0.15) is 11.1 Å². The van der Waals surface area contributed by atoms with Crippen molar-refractivity contribution < 1.29 is 22.3 Å². The second-order valence-electron chi connectivity index (χ2n) is 3.67. The lowest BCUT2D eigenvalue weighted by Crippen LogP contribution is -2.34. The molecule has 0 aliphatic heterocycles. The van der Waals surface area contributed by atoms with Crippen molar-refractivity contribution in [2.75, 3.05) is 6.61 Å². The molecule has 2 N–H and O–H groups in total. The molecule has 0 aliphatic carbocycles. The molecular weight excluding hydrogens is 238 g/mol. The van der Waals surface area contributed by atoms with Crippen molar-refractivity contribution in [1.82, 2.24) is 0 Å². The van der Waals surface area contributed by atoms with Crippen LogP contribution in [0.2, 0.25) is 0 Å². The molecule has 0 unspecified atom stereocenters. The van der Waals surface area contributed by atoms with Crippen molar-refractivity contribution in [2.24, 2.45) is 5.73 Å². The highest BCUT2D eigenvalue weighted by molar-refractivity contribution is 5.37. The highest BCUT2D eigenvalue weighted by Gasteiger charge is 2.41. The first-order valence-electron chi connectivity index (χ1n) is 4.95. The molecule has 0 aliphatic rings. The van der Waals surface area contributed by atoms with Crippen molar-refractivity contribution in [3.63, 3.8) is 0 Å². The molecule has 6 heteroatoms. The Bertz CT molecular complexity index is 382. The van der Waals surface area contributed by atoms with E-state index in [2.05, 4.69) is 0 Å². The predicted octanol–water partition coefficient (Wildman–Crippen LogP) is 2.73. The van der Waals surface area contributed by atoms with Gasteiger partial charge in [-0.2, -0.15) is 8.78 Å². The normalized spacial score (nSPS) is 11.9. The van der Waals surface area contributed by atoms with E-state index in [4.69, 9.17) is 10.5 Å². The fraction of sp³-hybridized carbons (Fsp3) is 0.455. The number of hydrogen-bond acceptors (Lipinski definition) is 2. The molecule has 17 heavy (non-hydrogen) atoms. The van der Waals surface area contributed by atoms with Crippen molar-refractivity contribution in [3.8, 4) is 5.75 Å². The molecule has 0 radical (unpaired) electrons. The highest BCUT2D eigenvalue weighted by Crippen LogP contribution is 2.26. The number of rotatable bonds is 5. The van der Waals surface area contributed by atoms with Gasteiger partial charge in [0.15, 0.2) is 6.61 Å². The third kappa shape index (κ3) is 3.59. The molecule has 0 heterocycles. The standard InChI is InChI=1S/C11H13F4NO/c1-7-2-3-8(5-16)9(4-7)17-6-11(14,15)10(12)13/h2-4,10H,5-6,16H2,1H3. The summed E-state index contributed by atoms with van der Waals surface area (Å²) < 4.78 is 53.9. The van der Waals surface area contributed by atoms with Gasteiger partial charge < -0.3 is 10.5 Å². The summed E-state index contributed by atoms with van der Waals surface area (Å²) in [4.78, 5) is 0. The van der Waals surface area contributed by atoms with Crippen LogP contribution in [0.3, 0.4) is 0 Å². The summed E-state index contributed by atoms with van der Waals surface area (Å²) in [5.74, 6) is -4.04. The Morgan fingerprint density at radius 2 is 2.00 bits per heavy atom. The van der Waals surface area contributed by atoms with Gasteiger partial charge in [0, 0.05) is 12.1 Å². The predicted molar refractivity (Wildman–Crippen MR) is 55.5 cm³/mol. The summed E-state index contributed by atoms with van der Waals surface area (Å²) in [6.45, 7) is 0.468. The smallest absolute Gasteiger partial charge is 0.340 e. The van der Waals surface area contributed by atoms with Crippen LogP contribution < -0.4 is 10.5 Å². The molecule has 1 aromatic carbocycles. The third-order valence-corrected chi connectivity index (χ3v) is 2.18. The monoisotopic (exact) mass is 251 g/mol. The van der Waals surface area contributed by atoms with Gasteiger partial charge in [0.1, 0.15) is 5.75 Å². The van der Waals surface area contributed by atoms with Crippen LogP contribution in [0.15, 0.2) is 18.2 Å². The summed E-state index contributed by atoms with van der Waals surface area (Å²) >= 11 is 0. The molecule has 0 atom stereocenters. The Morgan fingerprint density at radius 1 is 1.35 bits per heavy atom. The lowest BCUT2D eigenvalue weighted by Gasteiger charge is -2.17. The molecular formula is C11H13F4NO. The molecule has 0 saturated heterocycles. The Morgan fingerprint density at radius 3 is 2.53 bits per heavy atom. The van der Waals surface area contributed by atoms with Crippen LogP contribution in [0.25, 0.3) is 0 Å². The zero-order chi connectivity index (χ0) is 13.1.